The topological polar surface area (TPSA) is 18.5 Å². The van der Waals surface area contributed by atoms with Gasteiger partial charge in [-0.15, -0.1) is 0 Å². The Labute approximate surface area is 161 Å². The average molecular weight is 375 g/mol. The number of hydrogen-bond acceptors (Lipinski definition) is 2. The van der Waals surface area contributed by atoms with E-state index < -0.39 is 8.32 Å². The molecule has 0 saturated heterocycles. The van der Waals surface area contributed by atoms with Crippen LogP contribution in [0.5, 0.6) is 5.75 Å². The summed E-state index contributed by atoms with van der Waals surface area (Å²) in [5, 5.41) is 0.279. The summed E-state index contributed by atoms with van der Waals surface area (Å²) in [6, 6.07) is 6.71. The Balaban J connectivity index is 1.86. The highest BCUT2D eigenvalue weighted by molar-refractivity contribution is 6.74. The van der Waals surface area contributed by atoms with Crippen LogP contribution >= 0.6 is 0 Å². The Bertz CT molecular complexity index is 664. The molecule has 0 unspecified atom stereocenters. The van der Waals surface area contributed by atoms with Crippen molar-refractivity contribution in [1.29, 1.82) is 0 Å². The third-order valence-corrected chi connectivity index (χ3v) is 12.9. The monoisotopic (exact) mass is 374 g/mol. The van der Waals surface area contributed by atoms with Gasteiger partial charge in [-0.3, -0.25) is 0 Å². The van der Waals surface area contributed by atoms with Crippen LogP contribution in [0.3, 0.4) is 0 Å². The molecule has 0 radical (unpaired) electrons. The molecule has 0 amide bonds. The summed E-state index contributed by atoms with van der Waals surface area (Å²) in [5.41, 5.74) is 3.32. The molecule has 2 aliphatic rings. The van der Waals surface area contributed by atoms with Crippen molar-refractivity contribution in [1.82, 2.24) is 0 Å². The molecule has 0 spiro atoms. The molecule has 1 saturated carbocycles. The second-order valence-electron chi connectivity index (χ2n) is 10.2. The molecule has 2 nitrogen and oxygen atoms in total. The van der Waals surface area contributed by atoms with Crippen molar-refractivity contribution in [2.24, 2.45) is 11.3 Å². The predicted molar refractivity (Wildman–Crippen MR) is 113 cm³/mol. The fraction of sp³-hybridized carbons (Fsp3) is 0.739. The molecule has 1 aromatic rings. The first-order chi connectivity index (χ1) is 12.0. The summed E-state index contributed by atoms with van der Waals surface area (Å²) in [7, 11) is -0.0475. The van der Waals surface area contributed by atoms with Gasteiger partial charge in [0, 0.05) is 0 Å². The summed E-state index contributed by atoms with van der Waals surface area (Å²) >= 11 is 0. The summed E-state index contributed by atoms with van der Waals surface area (Å²) < 4.78 is 12.5. The number of rotatable bonds is 5. The largest absolute Gasteiger partial charge is 0.497 e. The molecule has 0 heterocycles. The molecule has 3 rings (SSSR count). The number of aryl methyl sites for hydroxylation is 1. The normalized spacial score (nSPS) is 28.8. The lowest BCUT2D eigenvalue weighted by molar-refractivity contribution is 0.0520. The van der Waals surface area contributed by atoms with Crippen LogP contribution in [0.15, 0.2) is 18.2 Å². The van der Waals surface area contributed by atoms with Crippen molar-refractivity contribution in [2.45, 2.75) is 90.5 Å². The van der Waals surface area contributed by atoms with E-state index in [1.807, 2.05) is 0 Å². The van der Waals surface area contributed by atoms with Crippen LogP contribution in [0.2, 0.25) is 18.1 Å². The first-order valence-corrected chi connectivity index (χ1v) is 13.3. The van der Waals surface area contributed by atoms with Gasteiger partial charge in [0.15, 0.2) is 8.32 Å². The number of fused-ring (bicyclic) bond motifs is 3. The summed E-state index contributed by atoms with van der Waals surface area (Å²) in [6.45, 7) is 16.9. The summed E-state index contributed by atoms with van der Waals surface area (Å²) in [4.78, 5) is 0. The molecule has 1 aromatic carbocycles. The van der Waals surface area contributed by atoms with Crippen LogP contribution in [0, 0.1) is 11.3 Å². The maximum atomic E-state index is 7.07. The van der Waals surface area contributed by atoms with Gasteiger partial charge in [0.2, 0.25) is 0 Å². The van der Waals surface area contributed by atoms with Crippen molar-refractivity contribution in [2.75, 3.05) is 7.11 Å². The van der Waals surface area contributed by atoms with E-state index in [9.17, 15) is 0 Å². The minimum Gasteiger partial charge on any atom is -0.497 e. The van der Waals surface area contributed by atoms with Crippen molar-refractivity contribution in [3.05, 3.63) is 29.3 Å². The number of benzene rings is 1. The SMILES string of the molecule is COc1ccc2c(c1)CC[C@]1(C)[C@@H](O[Si](C)(C)C(C)(C)C(C)C)CC[C@H]21. The van der Waals surface area contributed by atoms with E-state index >= 15 is 0 Å². The second kappa shape index (κ2) is 6.67. The van der Waals surface area contributed by atoms with E-state index in [2.05, 4.69) is 65.9 Å². The fourth-order valence-electron chi connectivity index (χ4n) is 5.11. The van der Waals surface area contributed by atoms with E-state index in [0.717, 1.165) is 12.2 Å². The predicted octanol–water partition coefficient (Wildman–Crippen LogP) is 6.55. The first-order valence-electron chi connectivity index (χ1n) is 10.4. The molecule has 1 fully saturated rings. The molecule has 0 bridgehead atoms. The van der Waals surface area contributed by atoms with Gasteiger partial charge in [-0.2, -0.15) is 0 Å². The molecule has 0 aromatic heterocycles. The minimum absolute atomic E-state index is 0.277. The van der Waals surface area contributed by atoms with Gasteiger partial charge in [0.1, 0.15) is 5.75 Å². The van der Waals surface area contributed by atoms with Gasteiger partial charge in [0.05, 0.1) is 13.2 Å². The standard InChI is InChI=1S/C23H38O2Si/c1-16(2)22(3,4)26(7,8)25-21-12-11-20-19-10-9-18(24-6)15-17(19)13-14-23(20,21)5/h9-10,15-16,20-21H,11-14H2,1-8H3/t20-,21+,23+/m1/s1. The molecule has 3 heteroatoms. The van der Waals surface area contributed by atoms with Crippen LogP contribution in [-0.2, 0) is 10.8 Å². The Morgan fingerprint density at radius 3 is 2.50 bits per heavy atom. The summed E-state index contributed by atoms with van der Waals surface area (Å²) in [6.07, 6.45) is 5.25. The van der Waals surface area contributed by atoms with E-state index in [1.54, 1.807) is 12.7 Å². The first kappa shape index (κ1) is 19.9. The van der Waals surface area contributed by atoms with Gasteiger partial charge in [0.25, 0.3) is 0 Å². The highest BCUT2D eigenvalue weighted by atomic mass is 28.4. The maximum absolute atomic E-state index is 7.07. The Morgan fingerprint density at radius 2 is 1.88 bits per heavy atom. The van der Waals surface area contributed by atoms with Gasteiger partial charge >= 0.3 is 0 Å². The second-order valence-corrected chi connectivity index (χ2v) is 14.7. The average Bonchev–Trinajstić information content (AvgIpc) is 2.90. The zero-order valence-corrected chi connectivity index (χ0v) is 19.1. The number of ether oxygens (including phenoxy) is 1. The molecule has 0 N–H and O–H groups in total. The molecule has 146 valence electrons. The zero-order valence-electron chi connectivity index (χ0n) is 18.1. The Hall–Kier alpha value is -0.803. The van der Waals surface area contributed by atoms with E-state index in [1.165, 1.54) is 24.8 Å². The van der Waals surface area contributed by atoms with Gasteiger partial charge < -0.3 is 9.16 Å². The quantitative estimate of drug-likeness (QED) is 0.544. The molecular weight excluding hydrogens is 336 g/mol. The maximum Gasteiger partial charge on any atom is 0.192 e. The highest BCUT2D eigenvalue weighted by Crippen LogP contribution is 2.58. The van der Waals surface area contributed by atoms with E-state index in [0.29, 0.717) is 17.9 Å². The van der Waals surface area contributed by atoms with Crippen molar-refractivity contribution in [3.8, 4) is 5.75 Å². The molecule has 26 heavy (non-hydrogen) atoms. The van der Waals surface area contributed by atoms with Crippen molar-refractivity contribution >= 4 is 8.32 Å². The van der Waals surface area contributed by atoms with Crippen LogP contribution in [0.1, 0.15) is 70.9 Å². The fourth-order valence-corrected chi connectivity index (χ4v) is 7.91. The van der Waals surface area contributed by atoms with Crippen LogP contribution < -0.4 is 4.74 Å². The molecule has 3 atom stereocenters. The molecule has 0 aliphatic heterocycles. The van der Waals surface area contributed by atoms with Crippen LogP contribution in [-0.4, -0.2) is 21.5 Å². The minimum atomic E-state index is -1.81. The van der Waals surface area contributed by atoms with Crippen LogP contribution in [0.4, 0.5) is 0 Å². The van der Waals surface area contributed by atoms with Gasteiger partial charge in [-0.1, -0.05) is 40.7 Å². The number of hydrogen-bond donors (Lipinski definition) is 0. The lowest BCUT2D eigenvalue weighted by Gasteiger charge is -2.48. The Kier molecular flexibility index (Phi) is 5.11. The molecule has 2 aliphatic carbocycles. The zero-order chi connectivity index (χ0) is 19.3. The summed E-state index contributed by atoms with van der Waals surface area (Å²) in [5.74, 6) is 2.27. The molecular formula is C23H38O2Si. The Morgan fingerprint density at radius 1 is 1.19 bits per heavy atom. The van der Waals surface area contributed by atoms with Crippen molar-refractivity contribution < 1.29 is 9.16 Å². The lowest BCUT2D eigenvalue weighted by atomic mass is 9.66. The third kappa shape index (κ3) is 3.05. The highest BCUT2D eigenvalue weighted by Gasteiger charge is 2.54. The van der Waals surface area contributed by atoms with Gasteiger partial charge in [-0.05, 0) is 84.3 Å². The van der Waals surface area contributed by atoms with Gasteiger partial charge in [-0.25, -0.2) is 0 Å². The van der Waals surface area contributed by atoms with Crippen LogP contribution in [0.25, 0.3) is 0 Å². The number of methoxy groups -OCH3 is 1. The smallest absolute Gasteiger partial charge is 0.192 e. The lowest BCUT2D eigenvalue weighted by Crippen LogP contribution is -2.50. The third-order valence-electron chi connectivity index (χ3n) is 8.34. The van der Waals surface area contributed by atoms with Crippen molar-refractivity contribution in [3.63, 3.8) is 0 Å². The van der Waals surface area contributed by atoms with E-state index in [4.69, 9.17) is 9.16 Å². The van der Waals surface area contributed by atoms with E-state index in [-0.39, 0.29) is 10.5 Å².